The van der Waals surface area contributed by atoms with Gasteiger partial charge in [-0.2, -0.15) is 5.10 Å². The third-order valence-electron chi connectivity index (χ3n) is 6.09. The third kappa shape index (κ3) is 4.08. The molecular weight excluding hydrogens is 396 g/mol. The number of piperidine rings is 1. The van der Waals surface area contributed by atoms with E-state index in [4.69, 9.17) is 4.74 Å². The minimum atomic E-state index is -0.139. The molecule has 3 aromatic rings. The summed E-state index contributed by atoms with van der Waals surface area (Å²) in [5.74, 6) is 1.77. The Kier molecular flexibility index (Phi) is 5.23. The summed E-state index contributed by atoms with van der Waals surface area (Å²) in [7, 11) is 0. The molecule has 31 heavy (non-hydrogen) atoms. The Balaban J connectivity index is 1.19. The van der Waals surface area contributed by atoms with Crippen LogP contribution in [-0.4, -0.2) is 55.0 Å². The number of fused-ring (bicyclic) bond motifs is 1. The molecule has 1 atom stereocenters. The normalized spacial score (nSPS) is 19.0. The molecule has 5 rings (SSSR count). The highest BCUT2D eigenvalue weighted by Gasteiger charge is 2.31. The van der Waals surface area contributed by atoms with Crippen LogP contribution in [0.15, 0.2) is 53.8 Å². The lowest BCUT2D eigenvalue weighted by Gasteiger charge is -2.35. The van der Waals surface area contributed by atoms with Crippen LogP contribution in [0.5, 0.6) is 5.75 Å². The molecule has 1 saturated heterocycles. The van der Waals surface area contributed by atoms with Crippen LogP contribution >= 0.6 is 0 Å². The van der Waals surface area contributed by atoms with Crippen molar-refractivity contribution in [1.29, 1.82) is 0 Å². The highest BCUT2D eigenvalue weighted by atomic mass is 16.5. The van der Waals surface area contributed by atoms with Crippen LogP contribution in [0.4, 0.5) is 0 Å². The molecule has 9 heteroatoms. The van der Waals surface area contributed by atoms with E-state index in [2.05, 4.69) is 15.2 Å². The predicted octanol–water partition coefficient (Wildman–Crippen LogP) is 1.31. The van der Waals surface area contributed by atoms with Gasteiger partial charge in [0.05, 0.1) is 5.92 Å². The van der Waals surface area contributed by atoms with Crippen LogP contribution in [-0.2, 0) is 17.8 Å². The molecule has 2 aromatic heterocycles. The Hall–Kier alpha value is -3.49. The summed E-state index contributed by atoms with van der Waals surface area (Å²) in [6.07, 6.45) is 5.40. The van der Waals surface area contributed by atoms with Gasteiger partial charge in [-0.15, -0.1) is 5.10 Å². The minimum absolute atomic E-state index is 0.130. The largest absolute Gasteiger partial charge is 0.492 e. The van der Waals surface area contributed by atoms with Gasteiger partial charge in [0.15, 0.2) is 5.82 Å². The number of amides is 1. The van der Waals surface area contributed by atoms with E-state index in [1.807, 2.05) is 29.2 Å². The van der Waals surface area contributed by atoms with Gasteiger partial charge in [-0.1, -0.05) is 18.2 Å². The molecule has 0 N–H and O–H groups in total. The van der Waals surface area contributed by atoms with Crippen LogP contribution < -0.4 is 10.3 Å². The number of carbonyl (C=O) groups is 1. The number of hydrogen-bond acceptors (Lipinski definition) is 6. The summed E-state index contributed by atoms with van der Waals surface area (Å²) in [4.78, 5) is 31.2. The highest BCUT2D eigenvalue weighted by Crippen LogP contribution is 2.29. The molecule has 0 saturated carbocycles. The van der Waals surface area contributed by atoms with Crippen LogP contribution in [0.2, 0.25) is 0 Å². The number of aromatic nitrogens is 5. The van der Waals surface area contributed by atoms with Gasteiger partial charge in [-0.3, -0.25) is 9.59 Å². The first kappa shape index (κ1) is 19.5. The van der Waals surface area contributed by atoms with E-state index in [1.165, 1.54) is 21.8 Å². The van der Waals surface area contributed by atoms with E-state index in [9.17, 15) is 9.59 Å². The van der Waals surface area contributed by atoms with Gasteiger partial charge in [-0.05, 0) is 42.9 Å². The summed E-state index contributed by atoms with van der Waals surface area (Å²) in [6, 6.07) is 11.1. The van der Waals surface area contributed by atoms with Crippen molar-refractivity contribution in [1.82, 2.24) is 29.4 Å². The molecule has 1 aromatic carbocycles. The van der Waals surface area contributed by atoms with Gasteiger partial charge in [0.25, 0.3) is 5.56 Å². The molecule has 0 aliphatic carbocycles. The highest BCUT2D eigenvalue weighted by molar-refractivity contribution is 5.80. The number of ether oxygens (including phenoxy) is 1. The van der Waals surface area contributed by atoms with Crippen molar-refractivity contribution in [2.45, 2.75) is 25.8 Å². The predicted molar refractivity (Wildman–Crippen MR) is 112 cm³/mol. The monoisotopic (exact) mass is 420 g/mol. The number of carbonyl (C=O) groups excluding carboxylic acids is 1. The molecule has 1 unspecified atom stereocenters. The number of nitrogens with zero attached hydrogens (tertiary/aromatic N) is 6. The number of hydrogen-bond donors (Lipinski definition) is 0. The fraction of sp³-hybridized carbons (Fsp3) is 0.409. The molecule has 9 nitrogen and oxygen atoms in total. The molecule has 0 radical (unpaired) electrons. The number of benzene rings is 1. The maximum absolute atomic E-state index is 13.0. The first-order valence-corrected chi connectivity index (χ1v) is 10.6. The van der Waals surface area contributed by atoms with Gasteiger partial charge < -0.3 is 9.64 Å². The van der Waals surface area contributed by atoms with E-state index < -0.39 is 0 Å². The van der Waals surface area contributed by atoms with E-state index in [-0.39, 0.29) is 17.4 Å². The summed E-state index contributed by atoms with van der Waals surface area (Å²) in [5, 5.41) is 8.49. The first-order valence-electron chi connectivity index (χ1n) is 10.6. The van der Waals surface area contributed by atoms with Crippen LogP contribution in [0.3, 0.4) is 0 Å². The Morgan fingerprint density at radius 2 is 1.97 bits per heavy atom. The Morgan fingerprint density at radius 1 is 1.13 bits per heavy atom. The average Bonchev–Trinajstić information content (AvgIpc) is 3.35. The second kappa shape index (κ2) is 8.33. The summed E-state index contributed by atoms with van der Waals surface area (Å²) < 4.78 is 8.82. The van der Waals surface area contributed by atoms with Gasteiger partial charge in [-0.25, -0.2) is 14.3 Å². The van der Waals surface area contributed by atoms with Gasteiger partial charge >= 0.3 is 0 Å². The molecular formula is C22H24N6O3. The maximum atomic E-state index is 13.0. The minimum Gasteiger partial charge on any atom is -0.492 e. The number of para-hydroxylation sites is 1. The average molecular weight is 420 g/mol. The van der Waals surface area contributed by atoms with Crippen molar-refractivity contribution in [3.8, 4) is 11.6 Å². The van der Waals surface area contributed by atoms with E-state index in [0.717, 1.165) is 30.6 Å². The molecule has 2 aliphatic heterocycles. The zero-order valence-electron chi connectivity index (χ0n) is 17.1. The molecule has 160 valence electrons. The SMILES string of the molecule is O=C(C1COc2ccccc2C1)N1CCC(Cn2nc(-n3cncn3)ccc2=O)CC1. The van der Waals surface area contributed by atoms with E-state index >= 15 is 0 Å². The van der Waals surface area contributed by atoms with Crippen molar-refractivity contribution in [3.05, 3.63) is 65.0 Å². The van der Waals surface area contributed by atoms with Crippen LogP contribution in [0.25, 0.3) is 5.82 Å². The lowest BCUT2D eigenvalue weighted by Crippen LogP contribution is -2.45. The van der Waals surface area contributed by atoms with Crippen molar-refractivity contribution < 1.29 is 9.53 Å². The number of rotatable bonds is 4. The van der Waals surface area contributed by atoms with E-state index in [1.54, 1.807) is 12.4 Å². The van der Waals surface area contributed by atoms with Crippen molar-refractivity contribution in [3.63, 3.8) is 0 Å². The summed E-state index contributed by atoms with van der Waals surface area (Å²) in [5.41, 5.74) is 0.958. The second-order valence-corrected chi connectivity index (χ2v) is 8.14. The topological polar surface area (TPSA) is 95.1 Å². The molecule has 0 spiro atoms. The lowest BCUT2D eigenvalue weighted by molar-refractivity contribution is -0.138. The molecule has 1 fully saturated rings. The number of likely N-dealkylation sites (tertiary alicyclic amines) is 1. The second-order valence-electron chi connectivity index (χ2n) is 8.14. The van der Waals surface area contributed by atoms with Crippen LogP contribution in [0.1, 0.15) is 18.4 Å². The first-order chi connectivity index (χ1) is 15.2. The quantitative estimate of drug-likeness (QED) is 0.632. The Labute approximate surface area is 179 Å². The third-order valence-corrected chi connectivity index (χ3v) is 6.09. The zero-order valence-corrected chi connectivity index (χ0v) is 17.1. The Bertz CT molecular complexity index is 1120. The van der Waals surface area contributed by atoms with Crippen molar-refractivity contribution in [2.24, 2.45) is 11.8 Å². The smallest absolute Gasteiger partial charge is 0.266 e. The van der Waals surface area contributed by atoms with Crippen molar-refractivity contribution in [2.75, 3.05) is 19.7 Å². The Morgan fingerprint density at radius 3 is 2.77 bits per heavy atom. The molecule has 1 amide bonds. The maximum Gasteiger partial charge on any atom is 0.266 e. The van der Waals surface area contributed by atoms with E-state index in [0.29, 0.717) is 38.0 Å². The molecule has 4 heterocycles. The van der Waals surface area contributed by atoms with Gasteiger partial charge in [0.1, 0.15) is 25.0 Å². The van der Waals surface area contributed by atoms with Gasteiger partial charge in [0, 0.05) is 25.7 Å². The van der Waals surface area contributed by atoms with Crippen molar-refractivity contribution >= 4 is 5.91 Å². The lowest BCUT2D eigenvalue weighted by atomic mass is 9.92. The summed E-state index contributed by atoms with van der Waals surface area (Å²) in [6.45, 7) is 2.35. The zero-order chi connectivity index (χ0) is 21.2. The fourth-order valence-corrected chi connectivity index (χ4v) is 4.34. The fourth-order valence-electron chi connectivity index (χ4n) is 4.34. The van der Waals surface area contributed by atoms with Crippen LogP contribution in [0, 0.1) is 11.8 Å². The standard InChI is InChI=1S/C22H24N6O3/c29-21-6-5-20(28-15-23-14-24-28)25-27(21)12-16-7-9-26(10-8-16)22(30)18-11-17-3-1-2-4-19(17)31-13-18/h1-6,14-16,18H,7-13H2. The molecule has 0 bridgehead atoms. The summed E-state index contributed by atoms with van der Waals surface area (Å²) >= 11 is 0. The molecule has 2 aliphatic rings. The van der Waals surface area contributed by atoms with Gasteiger partial charge in [0.2, 0.25) is 5.91 Å².